The maximum absolute atomic E-state index is 14.0. The molecule has 2 fully saturated rings. The summed E-state index contributed by atoms with van der Waals surface area (Å²) >= 11 is 0. The van der Waals surface area contributed by atoms with Gasteiger partial charge in [-0.1, -0.05) is 6.07 Å². The van der Waals surface area contributed by atoms with E-state index < -0.39 is 5.60 Å². The molecule has 5 nitrogen and oxygen atoms in total. The van der Waals surface area contributed by atoms with Crippen molar-refractivity contribution in [2.75, 3.05) is 25.1 Å². The second kappa shape index (κ2) is 6.69. The van der Waals surface area contributed by atoms with Gasteiger partial charge in [0.15, 0.2) is 0 Å². The predicted octanol–water partition coefficient (Wildman–Crippen LogP) is 1.73. The van der Waals surface area contributed by atoms with E-state index >= 15 is 0 Å². The fraction of sp³-hybridized carbons (Fsp3) is 0.611. The standard InChI is InChI=1S/C18H26FN3O2/c1-12-3-4-15(19)16(9-12)22-7-5-14(6-8-22)21-17(23)18(24-2)10-13(20)11-18/h3-4,9,13-14H,5-8,10-11,20H2,1-2H3,(H,21,23). The van der Waals surface area contributed by atoms with E-state index in [0.29, 0.717) is 18.5 Å². The maximum Gasteiger partial charge on any atom is 0.252 e. The normalized spacial score (nSPS) is 27.7. The molecule has 3 N–H and O–H groups in total. The van der Waals surface area contributed by atoms with Crippen molar-refractivity contribution in [1.82, 2.24) is 5.32 Å². The Bertz CT molecular complexity index is 608. The van der Waals surface area contributed by atoms with Crippen molar-refractivity contribution < 1.29 is 13.9 Å². The highest BCUT2D eigenvalue weighted by atomic mass is 19.1. The molecule has 132 valence electrons. The molecule has 1 aliphatic heterocycles. The number of nitrogens with one attached hydrogen (secondary N) is 1. The average molecular weight is 335 g/mol. The number of benzene rings is 1. The van der Waals surface area contributed by atoms with Gasteiger partial charge < -0.3 is 20.7 Å². The molecule has 1 saturated heterocycles. The Balaban J connectivity index is 1.56. The van der Waals surface area contributed by atoms with Crippen molar-refractivity contribution in [3.05, 3.63) is 29.6 Å². The fourth-order valence-electron chi connectivity index (χ4n) is 3.68. The second-order valence-electron chi connectivity index (χ2n) is 7.06. The van der Waals surface area contributed by atoms with Crippen LogP contribution in [0.5, 0.6) is 0 Å². The van der Waals surface area contributed by atoms with E-state index in [1.807, 2.05) is 13.0 Å². The molecule has 1 aromatic carbocycles. The molecule has 0 bridgehead atoms. The molecule has 24 heavy (non-hydrogen) atoms. The smallest absolute Gasteiger partial charge is 0.252 e. The molecule has 0 spiro atoms. The van der Waals surface area contributed by atoms with Crippen LogP contribution >= 0.6 is 0 Å². The van der Waals surface area contributed by atoms with Gasteiger partial charge in [0, 0.05) is 45.1 Å². The number of piperidine rings is 1. The molecule has 0 radical (unpaired) electrons. The van der Waals surface area contributed by atoms with Crippen LogP contribution in [0.25, 0.3) is 0 Å². The summed E-state index contributed by atoms with van der Waals surface area (Å²) in [5.41, 5.74) is 6.75. The number of hydrogen-bond donors (Lipinski definition) is 2. The van der Waals surface area contributed by atoms with Crippen molar-refractivity contribution in [1.29, 1.82) is 0 Å². The fourth-order valence-corrected chi connectivity index (χ4v) is 3.68. The van der Waals surface area contributed by atoms with E-state index in [2.05, 4.69) is 10.2 Å². The van der Waals surface area contributed by atoms with Gasteiger partial charge in [-0.25, -0.2) is 4.39 Å². The molecule has 2 aliphatic rings. The molecule has 1 heterocycles. The number of ether oxygens (including phenoxy) is 1. The molecule has 1 saturated carbocycles. The Morgan fingerprint density at radius 3 is 2.62 bits per heavy atom. The molecule has 0 aromatic heterocycles. The minimum absolute atomic E-state index is 0.0434. The third-order valence-electron chi connectivity index (χ3n) is 5.26. The number of hydrogen-bond acceptors (Lipinski definition) is 4. The van der Waals surface area contributed by atoms with Crippen LogP contribution in [0.1, 0.15) is 31.2 Å². The molecular formula is C18H26FN3O2. The first kappa shape index (κ1) is 17.2. The third kappa shape index (κ3) is 3.26. The Morgan fingerprint density at radius 2 is 2.04 bits per heavy atom. The number of rotatable bonds is 4. The summed E-state index contributed by atoms with van der Waals surface area (Å²) in [7, 11) is 1.56. The monoisotopic (exact) mass is 335 g/mol. The van der Waals surface area contributed by atoms with Gasteiger partial charge in [-0.3, -0.25) is 4.79 Å². The first-order valence-electron chi connectivity index (χ1n) is 8.56. The number of nitrogens with two attached hydrogens (primary N) is 1. The zero-order valence-corrected chi connectivity index (χ0v) is 14.3. The lowest BCUT2D eigenvalue weighted by Crippen LogP contribution is -2.63. The van der Waals surface area contributed by atoms with E-state index in [4.69, 9.17) is 10.5 Å². The molecule has 0 unspecified atom stereocenters. The van der Waals surface area contributed by atoms with Crippen molar-refractivity contribution >= 4 is 11.6 Å². The molecule has 0 atom stereocenters. The van der Waals surface area contributed by atoms with Crippen LogP contribution in [0.4, 0.5) is 10.1 Å². The molecule has 1 aromatic rings. The van der Waals surface area contributed by atoms with Gasteiger partial charge in [0.25, 0.3) is 5.91 Å². The van der Waals surface area contributed by atoms with Gasteiger partial charge in [-0.2, -0.15) is 0 Å². The molecule has 3 rings (SSSR count). The predicted molar refractivity (Wildman–Crippen MR) is 91.5 cm³/mol. The average Bonchev–Trinajstić information content (AvgIpc) is 2.54. The number of carbonyl (C=O) groups is 1. The Kier molecular flexibility index (Phi) is 4.78. The highest BCUT2D eigenvalue weighted by Gasteiger charge is 2.49. The molecular weight excluding hydrogens is 309 g/mol. The Morgan fingerprint density at radius 1 is 1.38 bits per heavy atom. The molecule has 1 aliphatic carbocycles. The number of nitrogens with zero attached hydrogens (tertiary/aromatic N) is 1. The van der Waals surface area contributed by atoms with Crippen LogP contribution in [0.3, 0.4) is 0 Å². The zero-order valence-electron chi connectivity index (χ0n) is 14.3. The van der Waals surface area contributed by atoms with Crippen LogP contribution in [0.15, 0.2) is 18.2 Å². The zero-order chi connectivity index (χ0) is 17.3. The van der Waals surface area contributed by atoms with Gasteiger partial charge in [0.05, 0.1) is 5.69 Å². The largest absolute Gasteiger partial charge is 0.369 e. The second-order valence-corrected chi connectivity index (χ2v) is 7.06. The first-order valence-corrected chi connectivity index (χ1v) is 8.56. The lowest BCUT2D eigenvalue weighted by Gasteiger charge is -2.44. The summed E-state index contributed by atoms with van der Waals surface area (Å²) in [6.45, 7) is 3.42. The number of anilines is 1. The van der Waals surface area contributed by atoms with Gasteiger partial charge in [0.1, 0.15) is 11.4 Å². The van der Waals surface area contributed by atoms with Crippen LogP contribution in [-0.2, 0) is 9.53 Å². The summed E-state index contributed by atoms with van der Waals surface area (Å²) in [5, 5.41) is 3.09. The van der Waals surface area contributed by atoms with Crippen LogP contribution in [0, 0.1) is 12.7 Å². The summed E-state index contributed by atoms with van der Waals surface area (Å²) in [4.78, 5) is 14.5. The van der Waals surface area contributed by atoms with E-state index in [-0.39, 0.29) is 23.8 Å². The number of carbonyl (C=O) groups excluding carboxylic acids is 1. The summed E-state index contributed by atoms with van der Waals surface area (Å²) < 4.78 is 19.4. The van der Waals surface area contributed by atoms with Crippen molar-refractivity contribution in [2.24, 2.45) is 5.73 Å². The quantitative estimate of drug-likeness (QED) is 0.879. The van der Waals surface area contributed by atoms with Crippen LogP contribution in [0.2, 0.25) is 0 Å². The lowest BCUT2D eigenvalue weighted by atomic mass is 9.75. The third-order valence-corrected chi connectivity index (χ3v) is 5.26. The van der Waals surface area contributed by atoms with Gasteiger partial charge in [-0.15, -0.1) is 0 Å². The summed E-state index contributed by atoms with van der Waals surface area (Å²) in [6.07, 6.45) is 2.74. The van der Waals surface area contributed by atoms with Crippen LogP contribution in [-0.4, -0.2) is 43.8 Å². The number of amides is 1. The van der Waals surface area contributed by atoms with Gasteiger partial charge in [-0.05, 0) is 37.5 Å². The van der Waals surface area contributed by atoms with E-state index in [1.54, 1.807) is 13.2 Å². The minimum Gasteiger partial charge on any atom is -0.369 e. The minimum atomic E-state index is -0.751. The van der Waals surface area contributed by atoms with E-state index in [0.717, 1.165) is 31.5 Å². The first-order chi connectivity index (χ1) is 11.4. The summed E-state index contributed by atoms with van der Waals surface area (Å²) in [6, 6.07) is 5.32. The van der Waals surface area contributed by atoms with Crippen molar-refractivity contribution in [3.63, 3.8) is 0 Å². The van der Waals surface area contributed by atoms with Crippen molar-refractivity contribution in [3.8, 4) is 0 Å². The molecule has 6 heteroatoms. The van der Waals surface area contributed by atoms with Gasteiger partial charge in [0.2, 0.25) is 0 Å². The summed E-state index contributed by atoms with van der Waals surface area (Å²) in [5.74, 6) is -0.253. The number of halogens is 1. The number of aryl methyl sites for hydroxylation is 1. The SMILES string of the molecule is COC1(C(=O)NC2CCN(c3cc(C)ccc3F)CC2)CC(N)C1. The number of methoxy groups -OCH3 is 1. The highest BCUT2D eigenvalue weighted by molar-refractivity contribution is 5.86. The molecule has 1 amide bonds. The topological polar surface area (TPSA) is 67.6 Å². The van der Waals surface area contributed by atoms with E-state index in [9.17, 15) is 9.18 Å². The van der Waals surface area contributed by atoms with Crippen LogP contribution < -0.4 is 16.0 Å². The maximum atomic E-state index is 14.0. The highest BCUT2D eigenvalue weighted by Crippen LogP contribution is 2.35. The Hall–Kier alpha value is -1.66. The lowest BCUT2D eigenvalue weighted by molar-refractivity contribution is -0.157. The van der Waals surface area contributed by atoms with Gasteiger partial charge >= 0.3 is 0 Å². The van der Waals surface area contributed by atoms with E-state index in [1.165, 1.54) is 6.07 Å². The van der Waals surface area contributed by atoms with Crippen molar-refractivity contribution in [2.45, 2.75) is 50.3 Å². The Labute approximate surface area is 142 Å².